The van der Waals surface area contributed by atoms with Gasteiger partial charge in [0.1, 0.15) is 6.10 Å². The maximum Gasteiger partial charge on any atom is 0.472 e. The van der Waals surface area contributed by atoms with Crippen LogP contribution >= 0.6 is 7.82 Å². The minimum atomic E-state index is -4.24. The van der Waals surface area contributed by atoms with E-state index in [1.54, 1.807) is 0 Å². The number of ether oxygens (including phenoxy) is 2. The minimum Gasteiger partial charge on any atom is -0.457 e. The molecule has 3 N–H and O–H groups in total. The van der Waals surface area contributed by atoms with E-state index in [4.69, 9.17) is 24.3 Å². The average molecular weight is 616 g/mol. The van der Waals surface area contributed by atoms with Gasteiger partial charge in [-0.2, -0.15) is 0 Å². The molecule has 0 heterocycles. The number of esters is 1. The summed E-state index contributed by atoms with van der Waals surface area (Å²) in [5, 5.41) is 0. The van der Waals surface area contributed by atoms with Crippen molar-refractivity contribution >= 4 is 13.8 Å². The van der Waals surface area contributed by atoms with Crippen molar-refractivity contribution in [3.63, 3.8) is 0 Å². The third-order valence-corrected chi connectivity index (χ3v) is 7.51. The number of phosphoric ester groups is 1. The molecule has 0 saturated heterocycles. The lowest BCUT2D eigenvalue weighted by atomic mass is 10.1. The van der Waals surface area contributed by atoms with Gasteiger partial charge in [-0.15, -0.1) is 0 Å². The molecule has 0 radical (unpaired) electrons. The van der Waals surface area contributed by atoms with Crippen LogP contribution in [0.25, 0.3) is 0 Å². The Morgan fingerprint density at radius 2 is 1.26 bits per heavy atom. The van der Waals surface area contributed by atoms with Gasteiger partial charge >= 0.3 is 13.8 Å². The smallest absolute Gasteiger partial charge is 0.457 e. The summed E-state index contributed by atoms with van der Waals surface area (Å²) in [6, 6.07) is 0. The maximum absolute atomic E-state index is 11.9. The van der Waals surface area contributed by atoms with E-state index in [0.29, 0.717) is 13.0 Å². The molecule has 8 nitrogen and oxygen atoms in total. The molecular formula is C33H62NO7P. The average Bonchev–Trinajstić information content (AvgIpc) is 2.97. The molecule has 9 heteroatoms. The topological polar surface area (TPSA) is 117 Å². The summed E-state index contributed by atoms with van der Waals surface area (Å²) in [5.74, 6) is -0.389. The molecule has 42 heavy (non-hydrogen) atoms. The normalized spacial score (nSPS) is 14.3. The Balaban J connectivity index is 3.74. The van der Waals surface area contributed by atoms with Gasteiger partial charge in [0.25, 0.3) is 0 Å². The van der Waals surface area contributed by atoms with E-state index in [-0.39, 0.29) is 38.8 Å². The van der Waals surface area contributed by atoms with Gasteiger partial charge in [0.05, 0.1) is 19.8 Å². The second-order valence-electron chi connectivity index (χ2n) is 10.7. The van der Waals surface area contributed by atoms with E-state index < -0.39 is 13.9 Å². The number of hydrogen-bond donors (Lipinski definition) is 2. The molecule has 0 fully saturated rings. The summed E-state index contributed by atoms with van der Waals surface area (Å²) >= 11 is 0. The van der Waals surface area contributed by atoms with E-state index in [2.05, 4.69) is 43.4 Å². The molecule has 0 rings (SSSR count). The highest BCUT2D eigenvalue weighted by Crippen LogP contribution is 2.43. The van der Waals surface area contributed by atoms with Crippen molar-refractivity contribution in [2.75, 3.05) is 33.0 Å². The van der Waals surface area contributed by atoms with Gasteiger partial charge in [0.2, 0.25) is 0 Å². The summed E-state index contributed by atoms with van der Waals surface area (Å²) in [4.78, 5) is 21.5. The molecule has 0 aromatic rings. The molecule has 0 aromatic heterocycles. The second kappa shape index (κ2) is 31.2. The lowest BCUT2D eigenvalue weighted by molar-refractivity contribution is -0.154. The van der Waals surface area contributed by atoms with Crippen molar-refractivity contribution in [1.29, 1.82) is 0 Å². The zero-order valence-corrected chi connectivity index (χ0v) is 27.6. The summed E-state index contributed by atoms with van der Waals surface area (Å²) in [5.41, 5.74) is 5.28. The third kappa shape index (κ3) is 30.2. The van der Waals surface area contributed by atoms with Crippen LogP contribution in [0.4, 0.5) is 0 Å². The van der Waals surface area contributed by atoms with E-state index in [1.165, 1.54) is 70.6 Å². The fourth-order valence-electron chi connectivity index (χ4n) is 4.16. The maximum atomic E-state index is 11.9. The summed E-state index contributed by atoms with van der Waals surface area (Å²) in [6.45, 7) is 4.49. The van der Waals surface area contributed by atoms with Crippen molar-refractivity contribution in [3.05, 3.63) is 36.5 Å². The number of hydrogen-bond acceptors (Lipinski definition) is 7. The molecule has 0 amide bonds. The number of phosphoric acid groups is 1. The molecule has 0 spiro atoms. The van der Waals surface area contributed by atoms with Crippen LogP contribution in [-0.4, -0.2) is 49.9 Å². The quantitative estimate of drug-likeness (QED) is 0.0344. The van der Waals surface area contributed by atoms with Gasteiger partial charge in [0, 0.05) is 19.6 Å². The first kappa shape index (κ1) is 40.7. The van der Waals surface area contributed by atoms with Crippen LogP contribution < -0.4 is 5.73 Å². The third-order valence-electron chi connectivity index (χ3n) is 6.53. The first-order valence-electron chi connectivity index (χ1n) is 16.5. The highest BCUT2D eigenvalue weighted by molar-refractivity contribution is 7.47. The first-order valence-corrected chi connectivity index (χ1v) is 18.0. The Kier molecular flexibility index (Phi) is 30.2. The Bertz CT molecular complexity index is 742. The molecule has 0 aromatic carbocycles. The lowest BCUT2D eigenvalue weighted by Gasteiger charge is -2.19. The molecule has 0 aliphatic rings. The van der Waals surface area contributed by atoms with Crippen LogP contribution in [0, 0.1) is 0 Å². The zero-order chi connectivity index (χ0) is 31.0. The number of unbranched alkanes of at least 4 members (excludes halogenated alkanes) is 12. The van der Waals surface area contributed by atoms with Gasteiger partial charge < -0.3 is 20.1 Å². The molecule has 0 saturated carbocycles. The van der Waals surface area contributed by atoms with Crippen LogP contribution in [0.15, 0.2) is 36.5 Å². The van der Waals surface area contributed by atoms with Crippen molar-refractivity contribution in [1.82, 2.24) is 0 Å². The highest BCUT2D eigenvalue weighted by Gasteiger charge is 2.25. The predicted molar refractivity (Wildman–Crippen MR) is 173 cm³/mol. The molecule has 0 aliphatic heterocycles. The van der Waals surface area contributed by atoms with Crippen molar-refractivity contribution in [3.8, 4) is 0 Å². The fraction of sp³-hybridized carbons (Fsp3) is 0.788. The first-order chi connectivity index (χ1) is 20.4. The van der Waals surface area contributed by atoms with E-state index in [9.17, 15) is 14.3 Å². The molecule has 2 atom stereocenters. The highest BCUT2D eigenvalue weighted by atomic mass is 31.2. The molecular weight excluding hydrogens is 553 g/mol. The van der Waals surface area contributed by atoms with Crippen molar-refractivity contribution in [2.45, 2.75) is 136 Å². The Morgan fingerprint density at radius 3 is 1.83 bits per heavy atom. The molecule has 0 aliphatic carbocycles. The van der Waals surface area contributed by atoms with Gasteiger partial charge in [-0.05, 0) is 51.4 Å². The van der Waals surface area contributed by atoms with E-state index in [1.807, 2.05) is 6.92 Å². The summed E-state index contributed by atoms with van der Waals surface area (Å²) in [6.07, 6.45) is 33.2. The molecule has 0 bridgehead atoms. The predicted octanol–water partition coefficient (Wildman–Crippen LogP) is 8.74. The van der Waals surface area contributed by atoms with Crippen LogP contribution in [-0.2, 0) is 27.9 Å². The van der Waals surface area contributed by atoms with Crippen molar-refractivity contribution in [2.24, 2.45) is 5.73 Å². The fourth-order valence-corrected chi connectivity index (χ4v) is 4.92. The van der Waals surface area contributed by atoms with Gasteiger partial charge in [-0.1, -0.05) is 108 Å². The van der Waals surface area contributed by atoms with Crippen LogP contribution in [0.3, 0.4) is 0 Å². The number of carbonyl (C=O) groups excluding carboxylic acids is 1. The largest absolute Gasteiger partial charge is 0.472 e. The number of carbonyl (C=O) groups is 1. The molecule has 2 unspecified atom stereocenters. The van der Waals surface area contributed by atoms with Crippen molar-refractivity contribution < 1.29 is 32.8 Å². The monoisotopic (exact) mass is 615 g/mol. The van der Waals surface area contributed by atoms with Crippen LogP contribution in [0.1, 0.15) is 129 Å². The van der Waals surface area contributed by atoms with Crippen LogP contribution in [0.5, 0.6) is 0 Å². The summed E-state index contributed by atoms with van der Waals surface area (Å²) < 4.78 is 32.5. The molecule has 246 valence electrons. The number of nitrogens with two attached hydrogens (primary N) is 1. The Morgan fingerprint density at radius 1 is 0.714 bits per heavy atom. The van der Waals surface area contributed by atoms with Gasteiger partial charge in [-0.25, -0.2) is 4.57 Å². The van der Waals surface area contributed by atoms with Gasteiger partial charge in [0.15, 0.2) is 0 Å². The number of rotatable bonds is 31. The Labute approximate surface area is 257 Å². The lowest BCUT2D eigenvalue weighted by Crippen LogP contribution is -2.28. The van der Waals surface area contributed by atoms with E-state index in [0.717, 1.165) is 32.1 Å². The zero-order valence-electron chi connectivity index (χ0n) is 26.7. The van der Waals surface area contributed by atoms with Crippen LogP contribution in [0.2, 0.25) is 0 Å². The van der Waals surface area contributed by atoms with Gasteiger partial charge in [-0.3, -0.25) is 13.8 Å². The van der Waals surface area contributed by atoms with E-state index >= 15 is 0 Å². The SMILES string of the molecule is CCCCCCC/C=C\C/C=C\C/C=C\CCCCCCCCCOCC(COP(=O)(O)OCCN)OC(=O)CCC. The number of allylic oxidation sites excluding steroid dienone is 6. The second-order valence-corrected chi connectivity index (χ2v) is 12.1. The Hall–Kier alpha value is -1.28. The summed E-state index contributed by atoms with van der Waals surface area (Å²) in [7, 11) is -4.24. The standard InChI is InChI=1S/C33H62NO7P/c1-3-5-6-7-8-9-10-11-12-13-14-15-16-17-18-19-20-21-22-23-24-25-28-38-30-32(41-33(35)26-4-2)31-40-42(36,37)39-29-27-34/h10-11,13-14,16-17,32H,3-9,12,15,18-31,34H2,1-2H3,(H,36,37)/b11-10-,14-13-,17-16-. The minimum absolute atomic E-state index is 0.0965.